The van der Waals surface area contributed by atoms with E-state index in [0.29, 0.717) is 12.5 Å². The number of fused-ring (bicyclic) bond motifs is 1. The molecule has 1 aliphatic carbocycles. The molecule has 0 spiro atoms. The van der Waals surface area contributed by atoms with Gasteiger partial charge in [0.2, 0.25) is 5.13 Å². The SMILES string of the molecule is COCc1nsc(NC[C@H]2Cc3ccccc32)n1. The zero-order valence-corrected chi connectivity index (χ0v) is 11.0. The Hall–Kier alpha value is -1.46. The van der Waals surface area contributed by atoms with Gasteiger partial charge in [-0.2, -0.15) is 4.37 Å². The van der Waals surface area contributed by atoms with Crippen LogP contribution in [0, 0.1) is 0 Å². The molecule has 1 aromatic heterocycles. The van der Waals surface area contributed by atoms with Gasteiger partial charge in [0.05, 0.1) is 0 Å². The molecule has 0 amide bonds. The summed E-state index contributed by atoms with van der Waals surface area (Å²) in [6, 6.07) is 8.62. The zero-order valence-electron chi connectivity index (χ0n) is 10.2. The standard InChI is InChI=1S/C13H15N3OS/c1-17-8-12-15-13(18-16-12)14-7-10-6-9-4-2-3-5-11(9)10/h2-5,10H,6-8H2,1H3,(H,14,15,16)/t10-/m1/s1. The van der Waals surface area contributed by atoms with Crippen LogP contribution in [0.2, 0.25) is 0 Å². The Labute approximate surface area is 110 Å². The first-order valence-electron chi connectivity index (χ1n) is 6.00. The van der Waals surface area contributed by atoms with Crippen LogP contribution < -0.4 is 5.32 Å². The molecule has 0 saturated carbocycles. The maximum Gasteiger partial charge on any atom is 0.202 e. The summed E-state index contributed by atoms with van der Waals surface area (Å²) in [5.41, 5.74) is 2.94. The molecule has 1 heterocycles. The number of ether oxygens (including phenoxy) is 1. The number of aromatic nitrogens is 2. The van der Waals surface area contributed by atoms with E-state index in [1.165, 1.54) is 22.7 Å². The third-order valence-electron chi connectivity index (χ3n) is 3.20. The fourth-order valence-corrected chi connectivity index (χ4v) is 2.85. The van der Waals surface area contributed by atoms with E-state index in [-0.39, 0.29) is 0 Å². The van der Waals surface area contributed by atoms with Gasteiger partial charge in [0.15, 0.2) is 5.82 Å². The first-order valence-corrected chi connectivity index (χ1v) is 6.77. The van der Waals surface area contributed by atoms with Crippen LogP contribution in [-0.2, 0) is 17.8 Å². The van der Waals surface area contributed by atoms with Gasteiger partial charge in [0, 0.05) is 31.1 Å². The van der Waals surface area contributed by atoms with Crippen LogP contribution in [0.1, 0.15) is 22.9 Å². The Bertz CT molecular complexity index is 541. The fraction of sp³-hybridized carbons (Fsp3) is 0.385. The largest absolute Gasteiger partial charge is 0.377 e. The number of hydrogen-bond acceptors (Lipinski definition) is 5. The lowest BCUT2D eigenvalue weighted by atomic mass is 9.78. The molecule has 3 rings (SSSR count). The van der Waals surface area contributed by atoms with E-state index in [1.807, 2.05) is 0 Å². The summed E-state index contributed by atoms with van der Waals surface area (Å²) in [6.07, 6.45) is 1.16. The van der Waals surface area contributed by atoms with Crippen LogP contribution in [0.3, 0.4) is 0 Å². The number of hydrogen-bond donors (Lipinski definition) is 1. The van der Waals surface area contributed by atoms with Gasteiger partial charge in [-0.05, 0) is 17.5 Å². The topological polar surface area (TPSA) is 47.0 Å². The lowest BCUT2D eigenvalue weighted by Crippen LogP contribution is -2.24. The Morgan fingerprint density at radius 3 is 3.17 bits per heavy atom. The van der Waals surface area contributed by atoms with Gasteiger partial charge in [-0.15, -0.1) is 0 Å². The molecule has 1 atom stereocenters. The van der Waals surface area contributed by atoms with Crippen molar-refractivity contribution in [1.29, 1.82) is 0 Å². The number of anilines is 1. The Morgan fingerprint density at radius 2 is 2.33 bits per heavy atom. The number of nitrogens with zero attached hydrogens (tertiary/aromatic N) is 2. The molecule has 1 aliphatic rings. The van der Waals surface area contributed by atoms with Crippen LogP contribution in [0.5, 0.6) is 0 Å². The predicted octanol–water partition coefficient (Wildman–Crippen LogP) is 2.44. The summed E-state index contributed by atoms with van der Waals surface area (Å²) in [6.45, 7) is 1.41. The van der Waals surface area contributed by atoms with E-state index >= 15 is 0 Å². The van der Waals surface area contributed by atoms with Gasteiger partial charge in [0.1, 0.15) is 6.61 Å². The molecule has 0 unspecified atom stereocenters. The predicted molar refractivity (Wildman–Crippen MR) is 72.0 cm³/mol. The number of nitrogens with one attached hydrogen (secondary N) is 1. The number of methoxy groups -OCH3 is 1. The highest BCUT2D eigenvalue weighted by molar-refractivity contribution is 7.09. The summed E-state index contributed by atoms with van der Waals surface area (Å²) in [5, 5.41) is 4.24. The van der Waals surface area contributed by atoms with Crippen LogP contribution in [0.25, 0.3) is 0 Å². The first kappa shape index (κ1) is 11.6. The highest BCUT2D eigenvalue weighted by Gasteiger charge is 2.25. The van der Waals surface area contributed by atoms with Crippen LogP contribution in [0.15, 0.2) is 24.3 Å². The maximum atomic E-state index is 5.00. The normalized spacial score (nSPS) is 17.1. The monoisotopic (exact) mass is 261 g/mol. The molecule has 1 N–H and O–H groups in total. The summed E-state index contributed by atoms with van der Waals surface area (Å²) in [7, 11) is 1.65. The minimum atomic E-state index is 0.477. The van der Waals surface area contributed by atoms with Crippen molar-refractivity contribution >= 4 is 16.7 Å². The van der Waals surface area contributed by atoms with Crippen molar-refractivity contribution in [2.75, 3.05) is 19.0 Å². The molecule has 94 valence electrons. The molecule has 5 heteroatoms. The number of benzene rings is 1. The summed E-state index contributed by atoms with van der Waals surface area (Å²) >= 11 is 1.40. The maximum absolute atomic E-state index is 5.00. The van der Waals surface area contributed by atoms with Crippen molar-refractivity contribution in [1.82, 2.24) is 9.36 Å². The molecule has 0 aliphatic heterocycles. The zero-order chi connectivity index (χ0) is 12.4. The van der Waals surface area contributed by atoms with Gasteiger partial charge in [-0.1, -0.05) is 24.3 Å². The van der Waals surface area contributed by atoms with Crippen LogP contribution >= 0.6 is 11.5 Å². The van der Waals surface area contributed by atoms with Crippen molar-refractivity contribution in [3.63, 3.8) is 0 Å². The lowest BCUT2D eigenvalue weighted by Gasteiger charge is -2.29. The molecular formula is C13H15N3OS. The van der Waals surface area contributed by atoms with Gasteiger partial charge in [-0.25, -0.2) is 4.98 Å². The average molecular weight is 261 g/mol. The Balaban J connectivity index is 1.56. The minimum absolute atomic E-state index is 0.477. The molecule has 0 saturated heterocycles. The van der Waals surface area contributed by atoms with Crippen molar-refractivity contribution in [3.05, 3.63) is 41.2 Å². The van der Waals surface area contributed by atoms with E-state index in [1.54, 1.807) is 7.11 Å². The average Bonchev–Trinajstić information content (AvgIpc) is 2.79. The van der Waals surface area contributed by atoms with Crippen molar-refractivity contribution in [2.24, 2.45) is 0 Å². The van der Waals surface area contributed by atoms with E-state index in [0.717, 1.165) is 23.9 Å². The summed E-state index contributed by atoms with van der Waals surface area (Å²) in [5.74, 6) is 1.36. The van der Waals surface area contributed by atoms with Gasteiger partial charge in [-0.3, -0.25) is 0 Å². The summed E-state index contributed by atoms with van der Waals surface area (Å²) < 4.78 is 9.21. The molecule has 4 nitrogen and oxygen atoms in total. The van der Waals surface area contributed by atoms with Gasteiger partial charge < -0.3 is 10.1 Å². The quantitative estimate of drug-likeness (QED) is 0.898. The van der Waals surface area contributed by atoms with Gasteiger partial charge >= 0.3 is 0 Å². The second-order valence-corrected chi connectivity index (χ2v) is 5.18. The lowest BCUT2D eigenvalue weighted by molar-refractivity contribution is 0.179. The van der Waals surface area contributed by atoms with Crippen LogP contribution in [-0.4, -0.2) is 23.0 Å². The molecule has 18 heavy (non-hydrogen) atoms. The van der Waals surface area contributed by atoms with Crippen molar-refractivity contribution < 1.29 is 4.74 Å². The highest BCUT2D eigenvalue weighted by atomic mass is 32.1. The molecule has 2 aromatic rings. The number of rotatable bonds is 5. The molecule has 0 bridgehead atoms. The molecule has 0 fully saturated rings. The van der Waals surface area contributed by atoms with E-state index in [4.69, 9.17) is 4.74 Å². The van der Waals surface area contributed by atoms with E-state index in [9.17, 15) is 0 Å². The third-order valence-corrected chi connectivity index (χ3v) is 3.91. The van der Waals surface area contributed by atoms with E-state index < -0.39 is 0 Å². The molecular weight excluding hydrogens is 246 g/mol. The molecule has 0 radical (unpaired) electrons. The molecule has 1 aromatic carbocycles. The summed E-state index contributed by atoms with van der Waals surface area (Å²) in [4.78, 5) is 4.36. The van der Waals surface area contributed by atoms with E-state index in [2.05, 4.69) is 38.9 Å². The smallest absolute Gasteiger partial charge is 0.202 e. The second-order valence-electron chi connectivity index (χ2n) is 4.43. The van der Waals surface area contributed by atoms with Gasteiger partial charge in [0.25, 0.3) is 0 Å². The first-order chi connectivity index (χ1) is 8.86. The Kier molecular flexibility index (Phi) is 3.25. The second kappa shape index (κ2) is 5.04. The van der Waals surface area contributed by atoms with Crippen molar-refractivity contribution in [2.45, 2.75) is 18.9 Å². The van der Waals surface area contributed by atoms with Crippen molar-refractivity contribution in [3.8, 4) is 0 Å². The Morgan fingerprint density at radius 1 is 1.44 bits per heavy atom. The van der Waals surface area contributed by atoms with Crippen LogP contribution in [0.4, 0.5) is 5.13 Å². The fourth-order valence-electron chi connectivity index (χ4n) is 2.27. The minimum Gasteiger partial charge on any atom is -0.377 e. The highest BCUT2D eigenvalue weighted by Crippen LogP contribution is 2.34. The third kappa shape index (κ3) is 2.23.